The molecule has 0 aliphatic rings. The van der Waals surface area contributed by atoms with Crippen molar-refractivity contribution in [1.29, 1.82) is 0 Å². The number of carbonyl (C=O) groups excluding carboxylic acids is 2. The SMILES string of the molecule is CCCCCCCCCCCCCC(=O)NC(CCCCN)C(=O)OCC. The van der Waals surface area contributed by atoms with E-state index in [1.54, 1.807) is 6.92 Å². The van der Waals surface area contributed by atoms with Crippen molar-refractivity contribution in [1.82, 2.24) is 5.32 Å². The molecule has 0 saturated carbocycles. The van der Waals surface area contributed by atoms with Gasteiger partial charge in [-0.1, -0.05) is 71.1 Å². The second-order valence-electron chi connectivity index (χ2n) is 7.44. The van der Waals surface area contributed by atoms with Gasteiger partial charge < -0.3 is 15.8 Å². The van der Waals surface area contributed by atoms with E-state index in [2.05, 4.69) is 12.2 Å². The molecule has 1 amide bonds. The Morgan fingerprint density at radius 1 is 0.815 bits per heavy atom. The molecule has 0 aromatic heterocycles. The maximum atomic E-state index is 12.1. The summed E-state index contributed by atoms with van der Waals surface area (Å²) in [6, 6.07) is -0.531. The van der Waals surface area contributed by atoms with Gasteiger partial charge in [0.2, 0.25) is 5.91 Å². The number of hydrogen-bond donors (Lipinski definition) is 2. The highest BCUT2D eigenvalue weighted by atomic mass is 16.5. The first-order valence-electron chi connectivity index (χ1n) is 11.3. The molecule has 160 valence electrons. The first-order chi connectivity index (χ1) is 13.2. The lowest BCUT2D eigenvalue weighted by Crippen LogP contribution is -2.41. The Hall–Kier alpha value is -1.10. The molecule has 0 aromatic carbocycles. The van der Waals surface area contributed by atoms with Gasteiger partial charge in [0.05, 0.1) is 6.61 Å². The fourth-order valence-corrected chi connectivity index (χ4v) is 3.20. The number of nitrogens with two attached hydrogens (primary N) is 1. The number of esters is 1. The molecule has 5 nitrogen and oxygen atoms in total. The molecule has 5 heteroatoms. The molecule has 0 fully saturated rings. The number of ether oxygens (including phenoxy) is 1. The first kappa shape index (κ1) is 25.9. The molecule has 27 heavy (non-hydrogen) atoms. The topological polar surface area (TPSA) is 81.4 Å². The minimum Gasteiger partial charge on any atom is -0.464 e. The van der Waals surface area contributed by atoms with Crippen LogP contribution < -0.4 is 11.1 Å². The van der Waals surface area contributed by atoms with Crippen LogP contribution in [0, 0.1) is 0 Å². The van der Waals surface area contributed by atoms with Gasteiger partial charge in [-0.2, -0.15) is 0 Å². The van der Waals surface area contributed by atoms with Crippen LogP contribution >= 0.6 is 0 Å². The number of unbranched alkanes of at least 4 members (excludes halogenated alkanes) is 11. The molecule has 0 aromatic rings. The highest BCUT2D eigenvalue weighted by Gasteiger charge is 2.21. The standard InChI is InChI=1S/C22H44N2O3/c1-3-5-6-7-8-9-10-11-12-13-14-18-21(25)24-20(17-15-16-19-23)22(26)27-4-2/h20H,3-19,23H2,1-2H3,(H,24,25). The van der Waals surface area contributed by atoms with Gasteiger partial charge in [0.25, 0.3) is 0 Å². The van der Waals surface area contributed by atoms with E-state index in [1.807, 2.05) is 0 Å². The lowest BCUT2D eigenvalue weighted by atomic mass is 10.0. The fraction of sp³-hybridized carbons (Fsp3) is 0.909. The van der Waals surface area contributed by atoms with Gasteiger partial charge in [0.1, 0.15) is 6.04 Å². The van der Waals surface area contributed by atoms with Crippen molar-refractivity contribution in [3.8, 4) is 0 Å². The third-order valence-corrected chi connectivity index (χ3v) is 4.86. The van der Waals surface area contributed by atoms with Gasteiger partial charge in [0, 0.05) is 6.42 Å². The molecule has 0 rings (SSSR count). The van der Waals surface area contributed by atoms with Crippen LogP contribution in [0.25, 0.3) is 0 Å². The third-order valence-electron chi connectivity index (χ3n) is 4.86. The maximum Gasteiger partial charge on any atom is 0.328 e. The second kappa shape index (κ2) is 19.7. The summed E-state index contributed by atoms with van der Waals surface area (Å²) in [5.74, 6) is -0.376. The van der Waals surface area contributed by atoms with Crippen LogP contribution in [0.4, 0.5) is 0 Å². The Kier molecular flexibility index (Phi) is 18.9. The molecule has 0 radical (unpaired) electrons. The summed E-state index contributed by atoms with van der Waals surface area (Å²) in [6.07, 6.45) is 16.6. The number of carbonyl (C=O) groups is 2. The van der Waals surface area contributed by atoms with Crippen LogP contribution in [0.3, 0.4) is 0 Å². The zero-order valence-electron chi connectivity index (χ0n) is 17.9. The highest BCUT2D eigenvalue weighted by molar-refractivity contribution is 5.84. The molecular weight excluding hydrogens is 340 g/mol. The summed E-state index contributed by atoms with van der Waals surface area (Å²) in [4.78, 5) is 24.1. The van der Waals surface area contributed by atoms with Crippen LogP contribution in [-0.2, 0) is 14.3 Å². The predicted molar refractivity (Wildman–Crippen MR) is 113 cm³/mol. The molecule has 0 aliphatic heterocycles. The smallest absolute Gasteiger partial charge is 0.328 e. The summed E-state index contributed by atoms with van der Waals surface area (Å²) < 4.78 is 5.06. The third kappa shape index (κ3) is 16.8. The van der Waals surface area contributed by atoms with Crippen molar-refractivity contribution in [3.05, 3.63) is 0 Å². The Balaban J connectivity index is 3.74. The van der Waals surface area contributed by atoms with E-state index in [0.29, 0.717) is 26.0 Å². The van der Waals surface area contributed by atoms with Crippen molar-refractivity contribution in [3.63, 3.8) is 0 Å². The molecule has 1 atom stereocenters. The minimum absolute atomic E-state index is 0.0447. The van der Waals surface area contributed by atoms with Crippen LogP contribution in [0.1, 0.15) is 110 Å². The van der Waals surface area contributed by atoms with E-state index in [4.69, 9.17) is 10.5 Å². The first-order valence-corrected chi connectivity index (χ1v) is 11.3. The summed E-state index contributed by atoms with van der Waals surface area (Å²) in [5.41, 5.74) is 5.50. The predicted octanol–water partition coefficient (Wildman–Crippen LogP) is 4.86. The van der Waals surface area contributed by atoms with Gasteiger partial charge >= 0.3 is 5.97 Å². The lowest BCUT2D eigenvalue weighted by molar-refractivity contribution is -0.147. The number of rotatable bonds is 19. The Morgan fingerprint density at radius 3 is 1.89 bits per heavy atom. The molecular formula is C22H44N2O3. The summed E-state index contributed by atoms with van der Waals surface area (Å²) in [5, 5.41) is 2.84. The largest absolute Gasteiger partial charge is 0.464 e. The summed E-state index contributed by atoms with van der Waals surface area (Å²) in [6.45, 7) is 4.96. The molecule has 3 N–H and O–H groups in total. The normalized spacial score (nSPS) is 12.0. The van der Waals surface area contributed by atoms with E-state index in [-0.39, 0.29) is 11.9 Å². The Labute approximate surface area is 167 Å². The van der Waals surface area contributed by atoms with Gasteiger partial charge in [-0.15, -0.1) is 0 Å². The van der Waals surface area contributed by atoms with Crippen molar-refractivity contribution >= 4 is 11.9 Å². The molecule has 0 heterocycles. The van der Waals surface area contributed by atoms with Crippen LogP contribution in [0.5, 0.6) is 0 Å². The Bertz CT molecular complexity index is 361. The second-order valence-corrected chi connectivity index (χ2v) is 7.44. The molecule has 0 saturated heterocycles. The lowest BCUT2D eigenvalue weighted by Gasteiger charge is -2.17. The van der Waals surface area contributed by atoms with E-state index in [1.165, 1.54) is 57.8 Å². The van der Waals surface area contributed by atoms with Gasteiger partial charge in [-0.3, -0.25) is 4.79 Å². The zero-order valence-corrected chi connectivity index (χ0v) is 17.9. The maximum absolute atomic E-state index is 12.1. The monoisotopic (exact) mass is 384 g/mol. The van der Waals surface area contributed by atoms with Crippen LogP contribution in [0.15, 0.2) is 0 Å². The zero-order chi connectivity index (χ0) is 20.2. The number of nitrogens with one attached hydrogen (secondary N) is 1. The quantitative estimate of drug-likeness (QED) is 0.246. The molecule has 0 spiro atoms. The van der Waals surface area contributed by atoms with Crippen molar-refractivity contribution in [2.45, 2.75) is 116 Å². The van der Waals surface area contributed by atoms with Gasteiger partial charge in [-0.05, 0) is 39.2 Å². The summed E-state index contributed by atoms with van der Waals surface area (Å²) in [7, 11) is 0. The highest BCUT2D eigenvalue weighted by Crippen LogP contribution is 2.12. The number of hydrogen-bond acceptors (Lipinski definition) is 4. The fourth-order valence-electron chi connectivity index (χ4n) is 3.20. The Morgan fingerprint density at radius 2 is 1.37 bits per heavy atom. The van der Waals surface area contributed by atoms with Crippen molar-refractivity contribution in [2.75, 3.05) is 13.2 Å². The molecule has 0 aliphatic carbocycles. The number of amides is 1. The average molecular weight is 385 g/mol. The van der Waals surface area contributed by atoms with Crippen LogP contribution in [0.2, 0.25) is 0 Å². The van der Waals surface area contributed by atoms with Gasteiger partial charge in [-0.25, -0.2) is 4.79 Å². The summed E-state index contributed by atoms with van der Waals surface area (Å²) >= 11 is 0. The van der Waals surface area contributed by atoms with E-state index in [9.17, 15) is 9.59 Å². The van der Waals surface area contributed by atoms with E-state index in [0.717, 1.165) is 25.7 Å². The van der Waals surface area contributed by atoms with Gasteiger partial charge in [0.15, 0.2) is 0 Å². The average Bonchev–Trinajstić information content (AvgIpc) is 2.65. The van der Waals surface area contributed by atoms with E-state index >= 15 is 0 Å². The van der Waals surface area contributed by atoms with E-state index < -0.39 is 6.04 Å². The molecule has 1 unspecified atom stereocenters. The van der Waals surface area contributed by atoms with Crippen molar-refractivity contribution in [2.24, 2.45) is 5.73 Å². The molecule has 0 bridgehead atoms. The minimum atomic E-state index is -0.531. The van der Waals surface area contributed by atoms with Crippen molar-refractivity contribution < 1.29 is 14.3 Å². The van der Waals surface area contributed by atoms with Crippen LogP contribution in [-0.4, -0.2) is 31.1 Å².